The molecule has 64 valence electrons. The van der Waals surface area contributed by atoms with Crippen molar-refractivity contribution in [2.24, 2.45) is 0 Å². The fourth-order valence-electron chi connectivity index (χ4n) is 1.44. The Kier molecular flexibility index (Phi) is 2.05. The highest BCUT2D eigenvalue weighted by molar-refractivity contribution is 9.10. The van der Waals surface area contributed by atoms with Crippen molar-refractivity contribution in [2.45, 2.75) is 12.6 Å². The van der Waals surface area contributed by atoms with Crippen LogP contribution in [0.15, 0.2) is 22.7 Å². The molecule has 1 aliphatic heterocycles. The van der Waals surface area contributed by atoms with Crippen LogP contribution >= 0.6 is 15.9 Å². The van der Waals surface area contributed by atoms with E-state index in [1.165, 1.54) is 0 Å². The van der Waals surface area contributed by atoms with Crippen LogP contribution in [-0.4, -0.2) is 6.54 Å². The highest BCUT2D eigenvalue weighted by Crippen LogP contribution is 2.33. The normalized spacial score (nSPS) is 21.3. The number of hydrogen-bond donors (Lipinski definition) is 1. The lowest BCUT2D eigenvalue weighted by Gasteiger charge is -2.21. The van der Waals surface area contributed by atoms with Gasteiger partial charge in [0.1, 0.15) is 6.17 Å². The molecule has 1 N–H and O–H groups in total. The lowest BCUT2D eigenvalue weighted by Crippen LogP contribution is -2.13. The van der Waals surface area contributed by atoms with Gasteiger partial charge in [-0.15, -0.1) is 0 Å². The monoisotopic (exact) mass is 229 g/mol. The predicted molar refractivity (Wildman–Crippen MR) is 51.1 cm³/mol. The second-order valence-electron chi connectivity index (χ2n) is 2.91. The molecule has 0 aliphatic carbocycles. The molecule has 0 bridgehead atoms. The summed E-state index contributed by atoms with van der Waals surface area (Å²) in [4.78, 5) is 0. The molecule has 1 unspecified atom stereocenters. The van der Waals surface area contributed by atoms with Gasteiger partial charge in [-0.1, -0.05) is 22.0 Å². The molecular weight excluding hydrogens is 221 g/mol. The minimum atomic E-state index is -0.797. The molecule has 0 fully saturated rings. The molecule has 2 rings (SSSR count). The van der Waals surface area contributed by atoms with E-state index in [1.807, 2.05) is 18.2 Å². The zero-order chi connectivity index (χ0) is 8.55. The van der Waals surface area contributed by atoms with E-state index in [2.05, 4.69) is 21.2 Å². The van der Waals surface area contributed by atoms with E-state index >= 15 is 0 Å². The van der Waals surface area contributed by atoms with Gasteiger partial charge < -0.3 is 5.32 Å². The fourth-order valence-corrected chi connectivity index (χ4v) is 1.80. The number of fused-ring (bicyclic) bond motifs is 1. The van der Waals surface area contributed by atoms with Crippen LogP contribution in [0.2, 0.25) is 0 Å². The molecule has 1 aromatic rings. The minimum absolute atomic E-state index is 0.578. The van der Waals surface area contributed by atoms with Gasteiger partial charge in [0.15, 0.2) is 0 Å². The summed E-state index contributed by atoms with van der Waals surface area (Å²) in [6.07, 6.45) is -0.219. The van der Waals surface area contributed by atoms with Crippen LogP contribution in [0.1, 0.15) is 18.2 Å². The lowest BCUT2D eigenvalue weighted by molar-refractivity contribution is 0.325. The maximum atomic E-state index is 13.3. The van der Waals surface area contributed by atoms with Gasteiger partial charge in [-0.25, -0.2) is 4.39 Å². The number of halogens is 2. The topological polar surface area (TPSA) is 12.0 Å². The van der Waals surface area contributed by atoms with E-state index in [-0.39, 0.29) is 0 Å². The average molecular weight is 230 g/mol. The Hall–Kier alpha value is -0.570. The number of rotatable bonds is 0. The van der Waals surface area contributed by atoms with Crippen LogP contribution in [0.5, 0.6) is 0 Å². The molecule has 1 atom stereocenters. The van der Waals surface area contributed by atoms with Crippen LogP contribution in [-0.2, 0) is 0 Å². The average Bonchev–Trinajstić information content (AvgIpc) is 2.04. The molecule has 1 aliphatic rings. The van der Waals surface area contributed by atoms with Crippen LogP contribution in [0.4, 0.5) is 10.1 Å². The maximum Gasteiger partial charge on any atom is 0.129 e. The van der Waals surface area contributed by atoms with Gasteiger partial charge in [0.2, 0.25) is 0 Å². The Labute approximate surface area is 79.1 Å². The van der Waals surface area contributed by atoms with Crippen molar-refractivity contribution < 1.29 is 4.39 Å². The van der Waals surface area contributed by atoms with Gasteiger partial charge in [-0.2, -0.15) is 0 Å². The van der Waals surface area contributed by atoms with E-state index in [4.69, 9.17) is 0 Å². The third kappa shape index (κ3) is 1.33. The van der Waals surface area contributed by atoms with Crippen LogP contribution < -0.4 is 5.32 Å². The van der Waals surface area contributed by atoms with Gasteiger partial charge in [-0.05, 0) is 12.1 Å². The molecule has 0 radical (unpaired) electrons. The summed E-state index contributed by atoms with van der Waals surface area (Å²) >= 11 is 3.35. The van der Waals surface area contributed by atoms with Crippen molar-refractivity contribution in [1.82, 2.24) is 0 Å². The summed E-state index contributed by atoms with van der Waals surface area (Å²) in [5, 5.41) is 3.16. The largest absolute Gasteiger partial charge is 0.385 e. The summed E-state index contributed by atoms with van der Waals surface area (Å²) < 4.78 is 14.2. The number of anilines is 1. The molecule has 0 saturated carbocycles. The predicted octanol–water partition coefficient (Wildman–Crippen LogP) is 3.28. The Morgan fingerprint density at radius 2 is 2.33 bits per heavy atom. The minimum Gasteiger partial charge on any atom is -0.385 e. The van der Waals surface area contributed by atoms with Crippen LogP contribution in [0, 0.1) is 0 Å². The van der Waals surface area contributed by atoms with Crippen molar-refractivity contribution in [3.05, 3.63) is 28.2 Å². The molecule has 0 amide bonds. The zero-order valence-electron chi connectivity index (χ0n) is 6.48. The Morgan fingerprint density at radius 1 is 1.50 bits per heavy atom. The summed E-state index contributed by atoms with van der Waals surface area (Å²) in [5.74, 6) is 0. The number of nitrogens with one attached hydrogen (secondary N) is 1. The Balaban J connectivity index is 2.46. The Morgan fingerprint density at radius 3 is 3.17 bits per heavy atom. The number of alkyl halides is 1. The molecular formula is C9H9BrFN. The Bertz CT molecular complexity index is 301. The molecule has 0 aromatic heterocycles. The first-order chi connectivity index (χ1) is 5.77. The van der Waals surface area contributed by atoms with Crippen molar-refractivity contribution >= 4 is 21.6 Å². The van der Waals surface area contributed by atoms with Crippen molar-refractivity contribution in [2.75, 3.05) is 11.9 Å². The van der Waals surface area contributed by atoms with Crippen LogP contribution in [0.25, 0.3) is 0 Å². The zero-order valence-corrected chi connectivity index (χ0v) is 8.07. The van der Waals surface area contributed by atoms with Crippen molar-refractivity contribution in [3.8, 4) is 0 Å². The molecule has 1 nitrogen and oxygen atoms in total. The molecule has 1 heterocycles. The third-order valence-corrected chi connectivity index (χ3v) is 2.56. The second kappa shape index (κ2) is 3.05. The van der Waals surface area contributed by atoms with Crippen molar-refractivity contribution in [1.29, 1.82) is 0 Å². The summed E-state index contributed by atoms with van der Waals surface area (Å²) in [7, 11) is 0. The van der Waals surface area contributed by atoms with Crippen molar-refractivity contribution in [3.63, 3.8) is 0 Å². The standard InChI is InChI=1S/C9H9BrFN/c10-6-1-2-7-8(11)3-4-12-9(7)5-6/h1-2,5,8,12H,3-4H2. The summed E-state index contributed by atoms with van der Waals surface area (Å²) in [5.41, 5.74) is 1.70. The second-order valence-corrected chi connectivity index (χ2v) is 3.83. The fraction of sp³-hybridized carbons (Fsp3) is 0.333. The summed E-state index contributed by atoms with van der Waals surface area (Å²) in [6, 6.07) is 5.62. The van der Waals surface area contributed by atoms with Gasteiger partial charge in [0.05, 0.1) is 0 Å². The summed E-state index contributed by atoms with van der Waals surface area (Å²) in [6.45, 7) is 0.727. The van der Waals surface area contributed by atoms with E-state index < -0.39 is 6.17 Å². The molecule has 0 saturated heterocycles. The van der Waals surface area contributed by atoms with Gasteiger partial charge in [-0.3, -0.25) is 0 Å². The molecule has 12 heavy (non-hydrogen) atoms. The highest BCUT2D eigenvalue weighted by Gasteiger charge is 2.18. The first-order valence-electron chi connectivity index (χ1n) is 3.95. The van der Waals surface area contributed by atoms with Gasteiger partial charge in [0, 0.05) is 28.7 Å². The van der Waals surface area contributed by atoms with Crippen LogP contribution in [0.3, 0.4) is 0 Å². The molecule has 3 heteroatoms. The van der Waals surface area contributed by atoms with E-state index in [0.29, 0.717) is 6.42 Å². The smallest absolute Gasteiger partial charge is 0.129 e. The maximum absolute atomic E-state index is 13.3. The first-order valence-corrected chi connectivity index (χ1v) is 4.74. The van der Waals surface area contributed by atoms with E-state index in [1.54, 1.807) is 0 Å². The quantitative estimate of drug-likeness (QED) is 0.721. The molecule has 1 aromatic carbocycles. The van der Waals surface area contributed by atoms with E-state index in [0.717, 1.165) is 22.3 Å². The highest BCUT2D eigenvalue weighted by atomic mass is 79.9. The number of benzene rings is 1. The van der Waals surface area contributed by atoms with Gasteiger partial charge >= 0.3 is 0 Å². The van der Waals surface area contributed by atoms with E-state index in [9.17, 15) is 4.39 Å². The molecule has 0 spiro atoms. The first kappa shape index (κ1) is 8.05. The number of hydrogen-bond acceptors (Lipinski definition) is 1. The van der Waals surface area contributed by atoms with Gasteiger partial charge in [0.25, 0.3) is 0 Å². The SMILES string of the molecule is FC1CCNc2cc(Br)ccc21. The third-order valence-electron chi connectivity index (χ3n) is 2.07. The lowest BCUT2D eigenvalue weighted by atomic mass is 10.0.